The summed E-state index contributed by atoms with van der Waals surface area (Å²) >= 11 is 8.12. The molecule has 0 spiro atoms. The molecule has 1 aliphatic heterocycles. The largest absolute Gasteiger partial charge is 0.381 e. The van der Waals surface area contributed by atoms with Gasteiger partial charge in [0.15, 0.2) is 0 Å². The molecule has 0 saturated carbocycles. The quantitative estimate of drug-likeness (QED) is 0.843. The van der Waals surface area contributed by atoms with E-state index in [-0.39, 0.29) is 0 Å². The molecular formula is C16H24ClNOS. The van der Waals surface area contributed by atoms with E-state index in [9.17, 15) is 0 Å². The number of ether oxygens (including phenoxy) is 1. The first-order chi connectivity index (χ1) is 9.65. The Bertz CT molecular complexity index is 419. The lowest BCUT2D eigenvalue weighted by molar-refractivity contribution is 0.1000. The van der Waals surface area contributed by atoms with Crippen molar-refractivity contribution in [1.82, 2.24) is 5.32 Å². The van der Waals surface area contributed by atoms with E-state index in [2.05, 4.69) is 31.3 Å². The molecule has 1 saturated heterocycles. The van der Waals surface area contributed by atoms with Crippen LogP contribution in [0.4, 0.5) is 0 Å². The van der Waals surface area contributed by atoms with Gasteiger partial charge >= 0.3 is 0 Å². The maximum absolute atomic E-state index is 6.14. The van der Waals surface area contributed by atoms with E-state index in [4.69, 9.17) is 16.3 Å². The van der Waals surface area contributed by atoms with Crippen LogP contribution >= 0.6 is 23.4 Å². The minimum Gasteiger partial charge on any atom is -0.381 e. The van der Waals surface area contributed by atoms with Crippen molar-refractivity contribution in [3.05, 3.63) is 28.8 Å². The van der Waals surface area contributed by atoms with Gasteiger partial charge in [-0.2, -0.15) is 0 Å². The third kappa shape index (κ3) is 5.28. The molecule has 112 valence electrons. The van der Waals surface area contributed by atoms with Crippen molar-refractivity contribution in [3.63, 3.8) is 0 Å². The van der Waals surface area contributed by atoms with Gasteiger partial charge in [0.05, 0.1) is 0 Å². The molecule has 20 heavy (non-hydrogen) atoms. The molecule has 0 aromatic heterocycles. The van der Waals surface area contributed by atoms with Crippen LogP contribution < -0.4 is 5.32 Å². The Morgan fingerprint density at radius 3 is 2.80 bits per heavy atom. The van der Waals surface area contributed by atoms with E-state index >= 15 is 0 Å². The first-order valence-corrected chi connectivity index (χ1v) is 8.64. The second-order valence-corrected chi connectivity index (χ2v) is 7.49. The van der Waals surface area contributed by atoms with Gasteiger partial charge in [0.1, 0.15) is 0 Å². The van der Waals surface area contributed by atoms with Crippen LogP contribution in [0.15, 0.2) is 23.1 Å². The van der Waals surface area contributed by atoms with E-state index < -0.39 is 0 Å². The molecule has 0 bridgehead atoms. The fourth-order valence-corrected chi connectivity index (χ4v) is 3.68. The predicted molar refractivity (Wildman–Crippen MR) is 87.7 cm³/mol. The van der Waals surface area contributed by atoms with Crippen molar-refractivity contribution < 1.29 is 4.74 Å². The summed E-state index contributed by atoms with van der Waals surface area (Å²) in [6.07, 6.45) is 2.29. The highest BCUT2D eigenvalue weighted by molar-refractivity contribution is 8.00. The highest BCUT2D eigenvalue weighted by Crippen LogP contribution is 2.33. The van der Waals surface area contributed by atoms with Crippen LogP contribution in [0.3, 0.4) is 0 Å². The molecule has 0 atom stereocenters. The number of halogens is 1. The number of rotatable bonds is 6. The Kier molecular flexibility index (Phi) is 6.69. The molecule has 0 unspecified atom stereocenters. The maximum atomic E-state index is 6.14. The third-order valence-electron chi connectivity index (χ3n) is 3.35. The zero-order valence-electron chi connectivity index (χ0n) is 12.3. The van der Waals surface area contributed by atoms with Crippen molar-refractivity contribution in [2.45, 2.75) is 43.4 Å². The highest BCUT2D eigenvalue weighted by atomic mass is 35.5. The normalized spacial score (nSPS) is 16.8. The number of thioether (sulfide) groups is 1. The zero-order valence-corrected chi connectivity index (χ0v) is 13.9. The molecule has 1 heterocycles. The summed E-state index contributed by atoms with van der Waals surface area (Å²) in [5.74, 6) is 0.667. The summed E-state index contributed by atoms with van der Waals surface area (Å²) in [6, 6.07) is 6.25. The summed E-state index contributed by atoms with van der Waals surface area (Å²) < 4.78 is 5.43. The second kappa shape index (κ2) is 8.28. The average molecular weight is 314 g/mol. The molecule has 0 aliphatic carbocycles. The van der Waals surface area contributed by atoms with Crippen molar-refractivity contribution in [2.24, 2.45) is 5.92 Å². The topological polar surface area (TPSA) is 21.3 Å². The standard InChI is InChI=1S/C16H24ClNOS/c1-12(2)10-18-11-13-9-14(17)3-4-16(13)20-15-5-7-19-8-6-15/h3-4,9,12,15,18H,5-8,10-11H2,1-2H3. The van der Waals surface area contributed by atoms with Gasteiger partial charge in [-0.1, -0.05) is 25.4 Å². The third-order valence-corrected chi connectivity index (χ3v) is 5.04. The van der Waals surface area contributed by atoms with Crippen LogP contribution in [0.2, 0.25) is 5.02 Å². The lowest BCUT2D eigenvalue weighted by atomic mass is 10.2. The highest BCUT2D eigenvalue weighted by Gasteiger charge is 2.16. The summed E-state index contributed by atoms with van der Waals surface area (Å²) in [5, 5.41) is 5.01. The monoisotopic (exact) mass is 313 g/mol. The smallest absolute Gasteiger partial charge is 0.0476 e. The van der Waals surface area contributed by atoms with Gasteiger partial charge in [0, 0.05) is 34.9 Å². The minimum atomic E-state index is 0.667. The summed E-state index contributed by atoms with van der Waals surface area (Å²) in [4.78, 5) is 1.36. The van der Waals surface area contributed by atoms with Crippen LogP contribution in [-0.2, 0) is 11.3 Å². The molecule has 1 aromatic rings. The minimum absolute atomic E-state index is 0.667. The fourth-order valence-electron chi connectivity index (χ4n) is 2.27. The molecule has 2 rings (SSSR count). The number of hydrogen-bond acceptors (Lipinski definition) is 3. The molecule has 0 radical (unpaired) electrons. The first kappa shape index (κ1) is 16.2. The van der Waals surface area contributed by atoms with Crippen LogP contribution in [0.25, 0.3) is 0 Å². The molecule has 1 fully saturated rings. The van der Waals surface area contributed by atoms with E-state index in [0.29, 0.717) is 11.2 Å². The van der Waals surface area contributed by atoms with Gasteiger partial charge < -0.3 is 10.1 Å². The molecular weight excluding hydrogens is 290 g/mol. The predicted octanol–water partition coefficient (Wildman–Crippen LogP) is 4.36. The zero-order chi connectivity index (χ0) is 14.4. The van der Waals surface area contributed by atoms with E-state index in [0.717, 1.165) is 44.2 Å². The van der Waals surface area contributed by atoms with Gasteiger partial charge in [0.2, 0.25) is 0 Å². The molecule has 4 heteroatoms. The Morgan fingerprint density at radius 2 is 2.10 bits per heavy atom. The number of benzene rings is 1. The van der Waals surface area contributed by atoms with E-state index in [1.807, 2.05) is 17.8 Å². The lowest BCUT2D eigenvalue weighted by Gasteiger charge is -2.23. The van der Waals surface area contributed by atoms with Crippen molar-refractivity contribution in [2.75, 3.05) is 19.8 Å². The van der Waals surface area contributed by atoms with Crippen molar-refractivity contribution in [1.29, 1.82) is 0 Å². The Labute approximate surface area is 131 Å². The lowest BCUT2D eigenvalue weighted by Crippen LogP contribution is -2.20. The molecule has 1 N–H and O–H groups in total. The van der Waals surface area contributed by atoms with Crippen molar-refractivity contribution in [3.8, 4) is 0 Å². The number of hydrogen-bond donors (Lipinski definition) is 1. The van der Waals surface area contributed by atoms with Crippen LogP contribution in [0.5, 0.6) is 0 Å². The Morgan fingerprint density at radius 1 is 1.35 bits per heavy atom. The Hall–Kier alpha value is -0.220. The van der Waals surface area contributed by atoms with Gasteiger partial charge in [-0.3, -0.25) is 0 Å². The molecule has 1 aromatic carbocycles. The van der Waals surface area contributed by atoms with Crippen molar-refractivity contribution >= 4 is 23.4 Å². The number of nitrogens with one attached hydrogen (secondary N) is 1. The summed E-state index contributed by atoms with van der Waals surface area (Å²) in [7, 11) is 0. The molecule has 1 aliphatic rings. The van der Waals surface area contributed by atoms with Gasteiger partial charge in [0.25, 0.3) is 0 Å². The van der Waals surface area contributed by atoms with Gasteiger partial charge in [-0.05, 0) is 49.1 Å². The fraction of sp³-hybridized carbons (Fsp3) is 0.625. The van der Waals surface area contributed by atoms with Gasteiger partial charge in [-0.15, -0.1) is 11.8 Å². The second-order valence-electron chi connectivity index (χ2n) is 5.71. The van der Waals surface area contributed by atoms with Gasteiger partial charge in [-0.25, -0.2) is 0 Å². The van der Waals surface area contributed by atoms with Crippen LogP contribution in [0.1, 0.15) is 32.3 Å². The Balaban J connectivity index is 1.98. The summed E-state index contributed by atoms with van der Waals surface area (Å²) in [5.41, 5.74) is 1.31. The van der Waals surface area contributed by atoms with E-state index in [1.165, 1.54) is 10.5 Å². The molecule has 2 nitrogen and oxygen atoms in total. The average Bonchev–Trinajstić information content (AvgIpc) is 2.42. The maximum Gasteiger partial charge on any atom is 0.0476 e. The van der Waals surface area contributed by atoms with Crippen LogP contribution in [0, 0.1) is 5.92 Å². The summed E-state index contributed by atoms with van der Waals surface area (Å²) in [6.45, 7) is 8.17. The van der Waals surface area contributed by atoms with E-state index in [1.54, 1.807) is 0 Å². The molecule has 0 amide bonds. The van der Waals surface area contributed by atoms with Crippen LogP contribution in [-0.4, -0.2) is 25.0 Å². The first-order valence-electron chi connectivity index (χ1n) is 7.38. The SMILES string of the molecule is CC(C)CNCc1cc(Cl)ccc1SC1CCOCC1.